The summed E-state index contributed by atoms with van der Waals surface area (Å²) in [7, 11) is -1.00. The van der Waals surface area contributed by atoms with Crippen molar-refractivity contribution in [1.82, 2.24) is 0 Å². The third-order valence-corrected chi connectivity index (χ3v) is 10.4. The summed E-state index contributed by atoms with van der Waals surface area (Å²) in [6.07, 6.45) is 20.9. The molecule has 0 heterocycles. The highest BCUT2D eigenvalue weighted by Gasteiger charge is 2.22. The van der Waals surface area contributed by atoms with E-state index in [0.717, 1.165) is 0 Å². The molecular weight excluding hydrogens is 280 g/mol. The van der Waals surface area contributed by atoms with Crippen molar-refractivity contribution in [3.8, 4) is 0 Å². The van der Waals surface area contributed by atoms with Crippen LogP contribution in [0.15, 0.2) is 23.9 Å². The van der Waals surface area contributed by atoms with E-state index in [2.05, 4.69) is 51.6 Å². The van der Waals surface area contributed by atoms with E-state index in [1.165, 1.54) is 82.3 Å². The summed E-state index contributed by atoms with van der Waals surface area (Å²) in [6.45, 7) is 9.38. The zero-order chi connectivity index (χ0) is 16.5. The molecule has 0 fully saturated rings. The van der Waals surface area contributed by atoms with Crippen LogP contribution >= 0.6 is 0 Å². The second kappa shape index (κ2) is 15.6. The van der Waals surface area contributed by atoms with Gasteiger partial charge in [-0.25, -0.2) is 0 Å². The molecule has 0 aliphatic carbocycles. The van der Waals surface area contributed by atoms with Gasteiger partial charge in [0.05, 0.1) is 8.07 Å². The molecule has 22 heavy (non-hydrogen) atoms. The SMILES string of the molecule is CC/C=C\CCCCCCCCC/C=C\[Si](CC)(CC)CC. The fourth-order valence-corrected chi connectivity index (χ4v) is 6.00. The van der Waals surface area contributed by atoms with Crippen LogP contribution in [0.2, 0.25) is 18.1 Å². The number of hydrogen-bond donors (Lipinski definition) is 0. The highest BCUT2D eigenvalue weighted by molar-refractivity contribution is 6.84. The van der Waals surface area contributed by atoms with Gasteiger partial charge in [0.2, 0.25) is 0 Å². The number of rotatable bonds is 15. The summed E-state index contributed by atoms with van der Waals surface area (Å²) in [4.78, 5) is 0. The molecule has 0 saturated carbocycles. The molecule has 0 nitrogen and oxygen atoms in total. The minimum atomic E-state index is -1.00. The molecule has 0 aromatic heterocycles. The first-order valence-electron chi connectivity index (χ1n) is 10.1. The molecule has 0 N–H and O–H groups in total. The Morgan fingerprint density at radius 1 is 0.545 bits per heavy atom. The van der Waals surface area contributed by atoms with Gasteiger partial charge >= 0.3 is 0 Å². The Labute approximate surface area is 142 Å². The molecule has 0 aromatic rings. The van der Waals surface area contributed by atoms with Gasteiger partial charge in [-0.3, -0.25) is 0 Å². The van der Waals surface area contributed by atoms with E-state index >= 15 is 0 Å². The molecule has 0 radical (unpaired) electrons. The Morgan fingerprint density at radius 3 is 1.45 bits per heavy atom. The Hall–Kier alpha value is -0.303. The minimum Gasteiger partial charge on any atom is -0.0981 e. The molecule has 1 heteroatoms. The van der Waals surface area contributed by atoms with E-state index in [1.807, 2.05) is 0 Å². The largest absolute Gasteiger partial charge is 0.0981 e. The van der Waals surface area contributed by atoms with Crippen molar-refractivity contribution in [2.75, 3.05) is 0 Å². The van der Waals surface area contributed by atoms with Gasteiger partial charge in [-0.05, 0) is 32.1 Å². The van der Waals surface area contributed by atoms with Crippen LogP contribution in [0.25, 0.3) is 0 Å². The Morgan fingerprint density at radius 2 is 1.00 bits per heavy atom. The Balaban J connectivity index is 3.45. The summed E-state index contributed by atoms with van der Waals surface area (Å²) in [5.74, 6) is 0. The molecule has 0 spiro atoms. The summed E-state index contributed by atoms with van der Waals surface area (Å²) in [6, 6.07) is 4.26. The molecule has 0 rings (SSSR count). The lowest BCUT2D eigenvalue weighted by molar-refractivity contribution is 0.583. The Kier molecular flexibility index (Phi) is 15.4. The lowest BCUT2D eigenvalue weighted by atomic mass is 10.1. The van der Waals surface area contributed by atoms with E-state index in [1.54, 1.807) is 0 Å². The maximum Gasteiger partial charge on any atom is 0.0766 e. The van der Waals surface area contributed by atoms with E-state index in [4.69, 9.17) is 0 Å². The third-order valence-electron chi connectivity index (χ3n) is 5.23. The zero-order valence-electron chi connectivity index (χ0n) is 16.0. The van der Waals surface area contributed by atoms with Crippen molar-refractivity contribution in [2.24, 2.45) is 0 Å². The van der Waals surface area contributed by atoms with Gasteiger partial charge in [-0.15, -0.1) is 0 Å². The van der Waals surface area contributed by atoms with Gasteiger partial charge in [0, 0.05) is 0 Å². The first kappa shape index (κ1) is 21.7. The summed E-state index contributed by atoms with van der Waals surface area (Å²) < 4.78 is 0. The van der Waals surface area contributed by atoms with Gasteiger partial charge in [-0.2, -0.15) is 0 Å². The van der Waals surface area contributed by atoms with E-state index < -0.39 is 8.07 Å². The smallest absolute Gasteiger partial charge is 0.0766 e. The molecule has 0 aliphatic rings. The summed E-state index contributed by atoms with van der Waals surface area (Å²) in [5.41, 5.74) is 2.65. The molecule has 0 aliphatic heterocycles. The van der Waals surface area contributed by atoms with E-state index in [0.29, 0.717) is 0 Å². The van der Waals surface area contributed by atoms with Crippen LogP contribution in [-0.2, 0) is 0 Å². The van der Waals surface area contributed by atoms with Crippen LogP contribution < -0.4 is 0 Å². The molecule has 0 unspecified atom stereocenters. The van der Waals surface area contributed by atoms with E-state index in [9.17, 15) is 0 Å². The number of unbranched alkanes of at least 4 members (excludes halogenated alkanes) is 8. The lowest BCUT2D eigenvalue weighted by Gasteiger charge is -2.23. The first-order chi connectivity index (χ1) is 10.7. The van der Waals surface area contributed by atoms with Gasteiger partial charge in [-0.1, -0.05) is 102 Å². The van der Waals surface area contributed by atoms with E-state index in [-0.39, 0.29) is 0 Å². The number of hydrogen-bond acceptors (Lipinski definition) is 0. The zero-order valence-corrected chi connectivity index (χ0v) is 17.0. The van der Waals surface area contributed by atoms with Gasteiger partial charge in [0.25, 0.3) is 0 Å². The van der Waals surface area contributed by atoms with Crippen LogP contribution in [0.4, 0.5) is 0 Å². The molecule has 0 aromatic carbocycles. The quantitative estimate of drug-likeness (QED) is 0.162. The van der Waals surface area contributed by atoms with Crippen molar-refractivity contribution >= 4 is 8.07 Å². The van der Waals surface area contributed by atoms with Gasteiger partial charge < -0.3 is 0 Å². The molecule has 0 bridgehead atoms. The van der Waals surface area contributed by atoms with Gasteiger partial charge in [0.15, 0.2) is 0 Å². The summed E-state index contributed by atoms with van der Waals surface area (Å²) in [5, 5.41) is 0. The van der Waals surface area contributed by atoms with Crippen LogP contribution in [0.5, 0.6) is 0 Å². The second-order valence-corrected chi connectivity index (χ2v) is 11.9. The molecule has 130 valence electrons. The lowest BCUT2D eigenvalue weighted by Crippen LogP contribution is -2.28. The monoisotopic (exact) mass is 322 g/mol. The van der Waals surface area contributed by atoms with Crippen LogP contribution in [0.3, 0.4) is 0 Å². The normalized spacial score (nSPS) is 12.7. The minimum absolute atomic E-state index is 1.00. The standard InChI is InChI=1S/C21H42Si/c1-5-9-10-11-12-13-14-15-16-17-18-19-20-21-22(6-2,7-3)8-4/h9-10,20-21H,5-8,11-19H2,1-4H3/b10-9-,21-20-. The van der Waals surface area contributed by atoms with Crippen molar-refractivity contribution in [1.29, 1.82) is 0 Å². The molecule has 0 atom stereocenters. The van der Waals surface area contributed by atoms with Crippen molar-refractivity contribution in [3.05, 3.63) is 23.9 Å². The predicted octanol–water partition coefficient (Wildman–Crippen LogP) is 8.07. The van der Waals surface area contributed by atoms with Crippen LogP contribution in [0, 0.1) is 0 Å². The van der Waals surface area contributed by atoms with Gasteiger partial charge in [0.1, 0.15) is 0 Å². The third kappa shape index (κ3) is 11.3. The highest BCUT2D eigenvalue weighted by atomic mass is 28.3. The van der Waals surface area contributed by atoms with Crippen molar-refractivity contribution < 1.29 is 0 Å². The van der Waals surface area contributed by atoms with Crippen LogP contribution in [0.1, 0.15) is 91.9 Å². The topological polar surface area (TPSA) is 0 Å². The second-order valence-electron chi connectivity index (χ2n) is 6.76. The van der Waals surface area contributed by atoms with Crippen molar-refractivity contribution in [2.45, 2.75) is 110 Å². The average molecular weight is 323 g/mol. The molecule has 0 amide bonds. The maximum atomic E-state index is 2.65. The maximum absolute atomic E-state index is 2.65. The fraction of sp³-hybridized carbons (Fsp3) is 0.810. The average Bonchev–Trinajstić information content (AvgIpc) is 2.56. The Bertz CT molecular complexity index is 265. The predicted molar refractivity (Wildman–Crippen MR) is 107 cm³/mol. The molecular formula is C21H42Si. The van der Waals surface area contributed by atoms with Crippen molar-refractivity contribution in [3.63, 3.8) is 0 Å². The number of allylic oxidation sites excluding steroid dienone is 3. The highest BCUT2D eigenvalue weighted by Crippen LogP contribution is 2.22. The fourth-order valence-electron chi connectivity index (χ4n) is 3.13. The first-order valence-corrected chi connectivity index (χ1v) is 12.8. The van der Waals surface area contributed by atoms with Crippen LogP contribution in [-0.4, -0.2) is 8.07 Å². The molecule has 0 saturated heterocycles. The summed E-state index contributed by atoms with van der Waals surface area (Å²) >= 11 is 0.